The largest absolute Gasteiger partial charge is 0.460 e. The SMILES string of the molecule is O=C(CNCCCCS(=O)(=O)CCCC(F)(F)F)OCc1ccccc1. The summed E-state index contributed by atoms with van der Waals surface area (Å²) in [5, 5.41) is 2.85. The van der Waals surface area contributed by atoms with Crippen molar-refractivity contribution in [3.63, 3.8) is 0 Å². The summed E-state index contributed by atoms with van der Waals surface area (Å²) in [6.45, 7) is 0.640. The van der Waals surface area contributed by atoms with E-state index in [-0.39, 0.29) is 18.9 Å². The van der Waals surface area contributed by atoms with Crippen LogP contribution in [0, 0.1) is 0 Å². The number of hydrogen-bond donors (Lipinski definition) is 1. The van der Waals surface area contributed by atoms with Crippen LogP contribution in [0.3, 0.4) is 0 Å². The average molecular weight is 395 g/mol. The molecule has 0 unspecified atom stereocenters. The first-order valence-corrected chi connectivity index (χ1v) is 10.2. The van der Waals surface area contributed by atoms with Crippen LogP contribution in [-0.2, 0) is 26.0 Å². The van der Waals surface area contributed by atoms with Crippen molar-refractivity contribution in [3.8, 4) is 0 Å². The lowest BCUT2D eigenvalue weighted by Crippen LogP contribution is -2.26. The van der Waals surface area contributed by atoms with Crippen molar-refractivity contribution in [1.29, 1.82) is 0 Å². The molecule has 0 aromatic heterocycles. The summed E-state index contributed by atoms with van der Waals surface area (Å²) in [7, 11) is -3.47. The molecule has 0 aliphatic rings. The Hall–Kier alpha value is -1.61. The molecule has 0 fully saturated rings. The van der Waals surface area contributed by atoms with E-state index in [1.54, 1.807) is 0 Å². The van der Waals surface area contributed by atoms with E-state index in [0.717, 1.165) is 5.56 Å². The van der Waals surface area contributed by atoms with E-state index in [1.165, 1.54) is 0 Å². The Morgan fingerprint density at radius 2 is 1.69 bits per heavy atom. The summed E-state index contributed by atoms with van der Waals surface area (Å²) in [5.74, 6) is -1.01. The molecule has 0 amide bonds. The molecular formula is C17H24F3NO4S. The Balaban J connectivity index is 2.05. The Morgan fingerprint density at radius 3 is 2.35 bits per heavy atom. The van der Waals surface area contributed by atoms with Crippen LogP contribution in [0.15, 0.2) is 30.3 Å². The van der Waals surface area contributed by atoms with E-state index in [2.05, 4.69) is 5.32 Å². The van der Waals surface area contributed by atoms with Crippen LogP contribution in [0.1, 0.15) is 31.2 Å². The molecule has 0 radical (unpaired) electrons. The zero-order valence-electron chi connectivity index (χ0n) is 14.4. The van der Waals surface area contributed by atoms with Gasteiger partial charge in [-0.2, -0.15) is 13.2 Å². The highest BCUT2D eigenvalue weighted by molar-refractivity contribution is 7.91. The Kier molecular flexibility index (Phi) is 9.64. The van der Waals surface area contributed by atoms with Crippen molar-refractivity contribution in [1.82, 2.24) is 5.32 Å². The minimum Gasteiger partial charge on any atom is -0.460 e. The highest BCUT2D eigenvalue weighted by Gasteiger charge is 2.27. The highest BCUT2D eigenvalue weighted by atomic mass is 32.2. The van der Waals surface area contributed by atoms with Gasteiger partial charge in [-0.05, 0) is 31.4 Å². The molecular weight excluding hydrogens is 371 g/mol. The second kappa shape index (κ2) is 11.2. The van der Waals surface area contributed by atoms with Crippen LogP contribution < -0.4 is 5.32 Å². The second-order valence-electron chi connectivity index (χ2n) is 5.90. The zero-order chi connectivity index (χ0) is 19.5. The fraction of sp³-hybridized carbons (Fsp3) is 0.588. The van der Waals surface area contributed by atoms with Gasteiger partial charge in [0.25, 0.3) is 0 Å². The first-order valence-electron chi connectivity index (χ1n) is 8.35. The summed E-state index contributed by atoms with van der Waals surface area (Å²) in [6.07, 6.45) is -4.98. The number of carbonyl (C=O) groups is 1. The Bertz CT molecular complexity index is 633. The molecule has 1 rings (SSSR count). The molecule has 0 saturated carbocycles. The number of unbranched alkanes of at least 4 members (excludes halogenated alkanes) is 1. The monoisotopic (exact) mass is 395 g/mol. The molecule has 0 spiro atoms. The fourth-order valence-corrected chi connectivity index (χ4v) is 3.58. The number of sulfone groups is 1. The zero-order valence-corrected chi connectivity index (χ0v) is 15.2. The standard InChI is InChI=1S/C17H24F3NO4S/c18-17(19,20)9-6-12-26(23,24)11-5-4-10-21-13-16(22)25-14-15-7-2-1-3-8-15/h1-3,7-8,21H,4-6,9-14H2. The average Bonchev–Trinajstić information content (AvgIpc) is 2.55. The summed E-state index contributed by atoms with van der Waals surface area (Å²) in [5.41, 5.74) is 0.886. The molecule has 1 N–H and O–H groups in total. The first kappa shape index (κ1) is 22.4. The molecule has 5 nitrogen and oxygen atoms in total. The van der Waals surface area contributed by atoms with Crippen molar-refractivity contribution >= 4 is 15.8 Å². The first-order chi connectivity index (χ1) is 12.2. The second-order valence-corrected chi connectivity index (χ2v) is 8.20. The van der Waals surface area contributed by atoms with Gasteiger partial charge in [0.15, 0.2) is 0 Å². The third-order valence-corrected chi connectivity index (χ3v) is 5.31. The van der Waals surface area contributed by atoms with Gasteiger partial charge in [-0.15, -0.1) is 0 Å². The number of halogens is 3. The fourth-order valence-electron chi connectivity index (χ4n) is 2.15. The third kappa shape index (κ3) is 11.9. The van der Waals surface area contributed by atoms with E-state index in [1.807, 2.05) is 30.3 Å². The lowest BCUT2D eigenvalue weighted by atomic mass is 10.2. The predicted octanol–water partition coefficient (Wildman–Crippen LogP) is 2.86. The summed E-state index contributed by atoms with van der Waals surface area (Å²) in [4.78, 5) is 11.5. The van der Waals surface area contributed by atoms with Crippen molar-refractivity contribution < 1.29 is 31.1 Å². The Labute approximate surface area is 151 Å². The molecule has 0 heterocycles. The molecule has 0 aliphatic heterocycles. The maximum atomic E-state index is 12.0. The maximum Gasteiger partial charge on any atom is 0.389 e. The van der Waals surface area contributed by atoms with Gasteiger partial charge in [-0.1, -0.05) is 30.3 Å². The lowest BCUT2D eigenvalue weighted by molar-refractivity contribution is -0.143. The molecule has 148 valence electrons. The molecule has 26 heavy (non-hydrogen) atoms. The highest BCUT2D eigenvalue weighted by Crippen LogP contribution is 2.21. The predicted molar refractivity (Wildman–Crippen MR) is 92.3 cm³/mol. The number of nitrogens with one attached hydrogen (secondary N) is 1. The van der Waals surface area contributed by atoms with Crippen LogP contribution in [-0.4, -0.2) is 45.2 Å². The summed E-state index contributed by atoms with van der Waals surface area (Å²) >= 11 is 0. The lowest BCUT2D eigenvalue weighted by Gasteiger charge is -2.08. The van der Waals surface area contributed by atoms with Gasteiger partial charge in [0.1, 0.15) is 16.4 Å². The van der Waals surface area contributed by atoms with Crippen LogP contribution in [0.25, 0.3) is 0 Å². The molecule has 1 aromatic rings. The molecule has 1 aromatic carbocycles. The molecule has 9 heteroatoms. The van der Waals surface area contributed by atoms with Gasteiger partial charge < -0.3 is 10.1 Å². The normalized spacial score (nSPS) is 12.1. The van der Waals surface area contributed by atoms with Crippen LogP contribution >= 0.6 is 0 Å². The smallest absolute Gasteiger partial charge is 0.389 e. The van der Waals surface area contributed by atoms with Gasteiger partial charge >= 0.3 is 12.1 Å². The Morgan fingerprint density at radius 1 is 1.04 bits per heavy atom. The number of esters is 1. The van der Waals surface area contributed by atoms with E-state index in [9.17, 15) is 26.4 Å². The van der Waals surface area contributed by atoms with Crippen molar-refractivity contribution in [3.05, 3.63) is 35.9 Å². The number of alkyl halides is 3. The van der Waals surface area contributed by atoms with Gasteiger partial charge in [0.2, 0.25) is 0 Å². The molecule has 0 saturated heterocycles. The maximum absolute atomic E-state index is 12.0. The number of hydrogen-bond acceptors (Lipinski definition) is 5. The van der Waals surface area contributed by atoms with Gasteiger partial charge in [0, 0.05) is 6.42 Å². The number of benzene rings is 1. The van der Waals surface area contributed by atoms with Crippen LogP contribution in [0.4, 0.5) is 13.2 Å². The van der Waals surface area contributed by atoms with Gasteiger partial charge in [-0.3, -0.25) is 4.79 Å². The van der Waals surface area contributed by atoms with Gasteiger partial charge in [-0.25, -0.2) is 8.42 Å². The summed E-state index contributed by atoms with van der Waals surface area (Å²) in [6, 6.07) is 9.24. The van der Waals surface area contributed by atoms with Crippen molar-refractivity contribution in [2.24, 2.45) is 0 Å². The van der Waals surface area contributed by atoms with E-state index in [4.69, 9.17) is 4.74 Å². The van der Waals surface area contributed by atoms with Crippen molar-refractivity contribution in [2.45, 2.75) is 38.5 Å². The number of rotatable bonds is 12. The topological polar surface area (TPSA) is 72.5 Å². The minimum atomic E-state index is -4.32. The number of carbonyl (C=O) groups excluding carboxylic acids is 1. The van der Waals surface area contributed by atoms with Gasteiger partial charge in [0.05, 0.1) is 18.1 Å². The molecule has 0 atom stereocenters. The van der Waals surface area contributed by atoms with Crippen LogP contribution in [0.5, 0.6) is 0 Å². The van der Waals surface area contributed by atoms with E-state index in [0.29, 0.717) is 19.4 Å². The third-order valence-electron chi connectivity index (χ3n) is 3.49. The van der Waals surface area contributed by atoms with Crippen LogP contribution in [0.2, 0.25) is 0 Å². The minimum absolute atomic E-state index is 0.0190. The quantitative estimate of drug-likeness (QED) is 0.435. The number of ether oxygens (including phenoxy) is 1. The molecule has 0 bridgehead atoms. The van der Waals surface area contributed by atoms with Crippen molar-refractivity contribution in [2.75, 3.05) is 24.6 Å². The summed E-state index contributed by atoms with van der Waals surface area (Å²) < 4.78 is 64.3. The van der Waals surface area contributed by atoms with E-state index >= 15 is 0 Å². The molecule has 0 aliphatic carbocycles. The van der Waals surface area contributed by atoms with E-state index < -0.39 is 40.6 Å².